The first-order valence-electron chi connectivity index (χ1n) is 5.10. The van der Waals surface area contributed by atoms with E-state index in [0.29, 0.717) is 0 Å². The molecule has 1 aromatic rings. The molecule has 0 saturated carbocycles. The van der Waals surface area contributed by atoms with Crippen molar-refractivity contribution in [3.8, 4) is 0 Å². The van der Waals surface area contributed by atoms with Crippen molar-refractivity contribution in [3.05, 3.63) is 18.7 Å². The Kier molecular flexibility index (Phi) is 6.51. The van der Waals surface area contributed by atoms with Crippen LogP contribution in [0.3, 0.4) is 0 Å². The van der Waals surface area contributed by atoms with Crippen LogP contribution in [0.15, 0.2) is 18.7 Å². The fourth-order valence-electron chi connectivity index (χ4n) is 0.743. The number of imidazole rings is 1. The third-order valence-electron chi connectivity index (χ3n) is 1.86. The van der Waals surface area contributed by atoms with Gasteiger partial charge in [0.05, 0.1) is 7.05 Å². The SMILES string of the molecule is C[n+]1cc[nH]c1.O=S(=O)([O-])C(F)(F)C(F)OC(F)(F)C(F)(F)F. The van der Waals surface area contributed by atoms with E-state index < -0.39 is 34.0 Å². The number of nitrogens with one attached hydrogen (secondary N) is 1. The summed E-state index contributed by atoms with van der Waals surface area (Å²) in [6.45, 7) is 0. The molecule has 1 unspecified atom stereocenters. The molecule has 0 aliphatic carbocycles. The zero-order chi connectivity index (χ0) is 18.7. The van der Waals surface area contributed by atoms with Crippen LogP contribution in [0.2, 0.25) is 0 Å². The summed E-state index contributed by atoms with van der Waals surface area (Å²) in [7, 11) is -4.83. The number of aryl methyl sites for hydroxylation is 1. The van der Waals surface area contributed by atoms with Crippen LogP contribution in [0.5, 0.6) is 0 Å². The molecular weight excluding hydrogens is 372 g/mol. The number of aromatic amines is 1. The predicted molar refractivity (Wildman–Crippen MR) is 53.6 cm³/mol. The maximum Gasteiger partial charge on any atom is 0.483 e. The van der Waals surface area contributed by atoms with Crippen LogP contribution in [0.25, 0.3) is 0 Å². The van der Waals surface area contributed by atoms with Gasteiger partial charge in [0.1, 0.15) is 12.4 Å². The van der Waals surface area contributed by atoms with Crippen LogP contribution in [0.4, 0.5) is 35.1 Å². The topological polar surface area (TPSA) is 86.1 Å². The zero-order valence-corrected chi connectivity index (χ0v) is 11.6. The maximum atomic E-state index is 12.2. The minimum absolute atomic E-state index is 1.88. The molecule has 0 fully saturated rings. The first kappa shape index (κ1) is 21.5. The lowest BCUT2D eigenvalue weighted by molar-refractivity contribution is -0.670. The Morgan fingerprint density at radius 2 is 1.65 bits per heavy atom. The van der Waals surface area contributed by atoms with E-state index >= 15 is 0 Å². The number of nitrogens with zero attached hydrogens (tertiary/aromatic N) is 1. The van der Waals surface area contributed by atoms with E-state index in [2.05, 4.69) is 4.98 Å². The van der Waals surface area contributed by atoms with Crippen LogP contribution in [0.1, 0.15) is 0 Å². The molecule has 0 aliphatic rings. The van der Waals surface area contributed by atoms with Crippen molar-refractivity contribution in [1.82, 2.24) is 4.98 Å². The molecule has 1 N–H and O–H groups in total. The molecule has 1 atom stereocenters. The molecule has 6 nitrogen and oxygen atoms in total. The summed E-state index contributed by atoms with van der Waals surface area (Å²) in [5.74, 6) is 0. The number of rotatable bonds is 4. The van der Waals surface area contributed by atoms with E-state index in [1.165, 1.54) is 0 Å². The Morgan fingerprint density at radius 3 is 1.87 bits per heavy atom. The summed E-state index contributed by atoms with van der Waals surface area (Å²) in [6, 6.07) is 0. The quantitative estimate of drug-likeness (QED) is 0.487. The van der Waals surface area contributed by atoms with Gasteiger partial charge in [-0.3, -0.25) is 9.72 Å². The molecule has 0 aliphatic heterocycles. The van der Waals surface area contributed by atoms with Crippen LogP contribution in [-0.2, 0) is 21.9 Å². The molecule has 0 aromatic carbocycles. The van der Waals surface area contributed by atoms with Crippen molar-refractivity contribution >= 4 is 10.1 Å². The molecule has 0 spiro atoms. The van der Waals surface area contributed by atoms with Gasteiger partial charge in [-0.15, -0.1) is 0 Å². The van der Waals surface area contributed by atoms with Gasteiger partial charge in [0, 0.05) is 0 Å². The number of hydrogen-bond donors (Lipinski definition) is 1. The average Bonchev–Trinajstić information content (AvgIpc) is 2.77. The second-order valence-electron chi connectivity index (χ2n) is 3.74. The highest BCUT2D eigenvalue weighted by atomic mass is 32.2. The third kappa shape index (κ3) is 5.91. The molecule has 0 bridgehead atoms. The standard InChI is InChI=1S/C4H2F8O4S.C4H6N2/c5-1(2(6,7)17(13,14)15)16-4(11,12)3(8,9)10;1-6-3-2-5-4-6/h1H,(H,13,14,15);2-4H,1H3. The number of halogens is 8. The van der Waals surface area contributed by atoms with E-state index in [0.717, 1.165) is 0 Å². The summed E-state index contributed by atoms with van der Waals surface area (Å²) in [5.41, 5.74) is 0. The van der Waals surface area contributed by atoms with E-state index in [4.69, 9.17) is 0 Å². The van der Waals surface area contributed by atoms with Gasteiger partial charge in [-0.25, -0.2) is 17.4 Å². The summed E-state index contributed by atoms with van der Waals surface area (Å²) < 4.78 is 127. The van der Waals surface area contributed by atoms with Crippen LogP contribution < -0.4 is 4.57 Å². The molecule has 1 heterocycles. The first-order chi connectivity index (χ1) is 10.0. The summed E-state index contributed by atoms with van der Waals surface area (Å²) in [4.78, 5) is 2.89. The maximum absolute atomic E-state index is 12.2. The molecule has 0 radical (unpaired) electrons. The summed E-state index contributed by atoms with van der Waals surface area (Å²) in [6.07, 6.45) is -12.2. The van der Waals surface area contributed by atoms with Gasteiger partial charge in [0.2, 0.25) is 6.33 Å². The van der Waals surface area contributed by atoms with E-state index in [1.54, 1.807) is 0 Å². The molecule has 23 heavy (non-hydrogen) atoms. The number of hydrogen-bond acceptors (Lipinski definition) is 4. The second-order valence-corrected chi connectivity index (χ2v) is 5.19. The second kappa shape index (κ2) is 6.96. The molecule has 1 rings (SSSR count). The van der Waals surface area contributed by atoms with Gasteiger partial charge in [-0.2, -0.15) is 30.7 Å². The van der Waals surface area contributed by atoms with Gasteiger partial charge in [-0.1, -0.05) is 0 Å². The third-order valence-corrected chi connectivity index (χ3v) is 2.72. The number of aromatic nitrogens is 2. The molecule has 0 amide bonds. The van der Waals surface area contributed by atoms with Crippen molar-refractivity contribution < 1.29 is 57.4 Å². The Balaban J connectivity index is 0.000000664. The molecule has 0 saturated heterocycles. The first-order valence-corrected chi connectivity index (χ1v) is 6.51. The van der Waals surface area contributed by atoms with Crippen LogP contribution in [0, 0.1) is 0 Å². The Bertz CT molecular complexity index is 586. The van der Waals surface area contributed by atoms with Crippen LogP contribution >= 0.6 is 0 Å². The largest absolute Gasteiger partial charge is 0.743 e. The highest BCUT2D eigenvalue weighted by molar-refractivity contribution is 7.86. The van der Waals surface area contributed by atoms with E-state index in [1.807, 2.05) is 35.1 Å². The zero-order valence-electron chi connectivity index (χ0n) is 10.8. The lowest BCUT2D eigenvalue weighted by Crippen LogP contribution is -2.48. The van der Waals surface area contributed by atoms with Crippen molar-refractivity contribution in [2.75, 3.05) is 0 Å². The van der Waals surface area contributed by atoms with Gasteiger partial charge in [0.25, 0.3) is 6.36 Å². The van der Waals surface area contributed by atoms with E-state index in [-0.39, 0.29) is 0 Å². The number of ether oxygens (including phenoxy) is 1. The van der Waals surface area contributed by atoms with Crippen molar-refractivity contribution in [2.24, 2.45) is 7.05 Å². The van der Waals surface area contributed by atoms with Crippen molar-refractivity contribution in [1.29, 1.82) is 0 Å². The lowest BCUT2D eigenvalue weighted by Gasteiger charge is -2.27. The van der Waals surface area contributed by atoms with Gasteiger partial charge in [0.15, 0.2) is 10.1 Å². The fourth-order valence-corrected chi connectivity index (χ4v) is 1.02. The Labute approximate surface area is 123 Å². The molecule has 1 aromatic heterocycles. The summed E-state index contributed by atoms with van der Waals surface area (Å²) >= 11 is 0. The van der Waals surface area contributed by atoms with Crippen molar-refractivity contribution in [2.45, 2.75) is 23.9 Å². The summed E-state index contributed by atoms with van der Waals surface area (Å²) in [5, 5.41) is -6.08. The van der Waals surface area contributed by atoms with Crippen molar-refractivity contribution in [3.63, 3.8) is 0 Å². The van der Waals surface area contributed by atoms with Gasteiger partial charge in [-0.05, 0) is 0 Å². The molecule has 15 heteroatoms. The fraction of sp³-hybridized carbons (Fsp3) is 0.625. The Hall–Kier alpha value is -1.48. The predicted octanol–water partition coefficient (Wildman–Crippen LogP) is 1.43. The highest BCUT2D eigenvalue weighted by Crippen LogP contribution is 2.40. The molecule has 136 valence electrons. The minimum atomic E-state index is -6.80. The monoisotopic (exact) mass is 380 g/mol. The lowest BCUT2D eigenvalue weighted by atomic mass is 10.6. The van der Waals surface area contributed by atoms with E-state index in [9.17, 15) is 48.1 Å². The average molecular weight is 380 g/mol. The van der Waals surface area contributed by atoms with Gasteiger partial charge >= 0.3 is 17.5 Å². The number of alkyl halides is 8. The highest BCUT2D eigenvalue weighted by Gasteiger charge is 2.64. The Morgan fingerprint density at radius 1 is 1.17 bits per heavy atom. The number of H-pyrrole nitrogens is 1. The van der Waals surface area contributed by atoms with Crippen LogP contribution in [-0.4, -0.2) is 41.9 Å². The normalized spacial score (nSPS) is 14.9. The molecular formula is C8H8F8N2O4S. The van der Waals surface area contributed by atoms with Gasteiger partial charge < -0.3 is 4.55 Å². The minimum Gasteiger partial charge on any atom is -0.743 e. The smallest absolute Gasteiger partial charge is 0.483 e.